The van der Waals surface area contributed by atoms with E-state index in [4.69, 9.17) is 17.3 Å². The van der Waals surface area contributed by atoms with Gasteiger partial charge in [0.05, 0.1) is 0 Å². The first-order valence-corrected chi connectivity index (χ1v) is 4.99. The molecular weight excluding hydrogens is 182 g/mol. The lowest BCUT2D eigenvalue weighted by Gasteiger charge is -2.12. The van der Waals surface area contributed by atoms with E-state index in [2.05, 4.69) is 19.1 Å². The highest BCUT2D eigenvalue weighted by molar-refractivity contribution is 6.31. The van der Waals surface area contributed by atoms with E-state index in [1.165, 1.54) is 11.1 Å². The zero-order valence-electron chi connectivity index (χ0n) is 8.18. The van der Waals surface area contributed by atoms with E-state index in [0.717, 1.165) is 11.4 Å². The molecule has 0 fully saturated rings. The molecule has 0 heterocycles. The van der Waals surface area contributed by atoms with Gasteiger partial charge in [0.25, 0.3) is 0 Å². The lowest BCUT2D eigenvalue weighted by Crippen LogP contribution is -2.04. The van der Waals surface area contributed by atoms with Gasteiger partial charge in [-0.1, -0.05) is 30.7 Å². The van der Waals surface area contributed by atoms with Gasteiger partial charge >= 0.3 is 0 Å². The molecule has 1 rings (SSSR count). The topological polar surface area (TPSA) is 26.0 Å². The van der Waals surface area contributed by atoms with Crippen LogP contribution in [0.4, 0.5) is 0 Å². The number of hydrogen-bond acceptors (Lipinski definition) is 1. The number of aryl methyl sites for hydroxylation is 1. The van der Waals surface area contributed by atoms with Crippen LogP contribution in [0.3, 0.4) is 0 Å². The number of hydrogen-bond donors (Lipinski definition) is 1. The van der Waals surface area contributed by atoms with E-state index in [9.17, 15) is 0 Å². The van der Waals surface area contributed by atoms with Crippen LogP contribution in [0.1, 0.15) is 30.4 Å². The van der Waals surface area contributed by atoms with E-state index < -0.39 is 0 Å². The van der Waals surface area contributed by atoms with Gasteiger partial charge < -0.3 is 5.73 Å². The maximum atomic E-state index is 6.12. The first kappa shape index (κ1) is 10.6. The first-order valence-electron chi connectivity index (χ1n) is 4.61. The van der Waals surface area contributed by atoms with Crippen LogP contribution < -0.4 is 5.73 Å². The minimum Gasteiger partial charge on any atom is -0.330 e. The fourth-order valence-electron chi connectivity index (χ4n) is 1.44. The summed E-state index contributed by atoms with van der Waals surface area (Å²) in [6.07, 6.45) is 0.989. The molecule has 0 aromatic heterocycles. The molecule has 1 aromatic rings. The second-order valence-electron chi connectivity index (χ2n) is 3.50. The van der Waals surface area contributed by atoms with Crippen molar-refractivity contribution in [3.8, 4) is 0 Å². The second kappa shape index (κ2) is 4.64. The average Bonchev–Trinajstić information content (AvgIpc) is 2.04. The third-order valence-electron chi connectivity index (χ3n) is 2.29. The summed E-state index contributed by atoms with van der Waals surface area (Å²) in [5.74, 6) is 0.457. The van der Waals surface area contributed by atoms with Gasteiger partial charge in [0, 0.05) is 5.02 Å². The molecule has 0 saturated carbocycles. The molecule has 1 unspecified atom stereocenters. The van der Waals surface area contributed by atoms with Crippen molar-refractivity contribution in [2.24, 2.45) is 5.73 Å². The summed E-state index contributed by atoms with van der Waals surface area (Å²) >= 11 is 6.12. The van der Waals surface area contributed by atoms with Gasteiger partial charge in [0.15, 0.2) is 0 Å². The monoisotopic (exact) mass is 197 g/mol. The van der Waals surface area contributed by atoms with Crippen molar-refractivity contribution in [3.05, 3.63) is 34.3 Å². The third-order valence-corrected chi connectivity index (χ3v) is 2.61. The Balaban J connectivity index is 2.88. The standard InChI is InChI=1S/C11H16ClN/c1-8-3-4-10(11(12)7-8)9(2)5-6-13/h3-4,7,9H,5-6,13H2,1-2H3. The molecular formula is C11H16ClN. The summed E-state index contributed by atoms with van der Waals surface area (Å²) < 4.78 is 0. The average molecular weight is 198 g/mol. The van der Waals surface area contributed by atoms with Crippen molar-refractivity contribution < 1.29 is 0 Å². The fraction of sp³-hybridized carbons (Fsp3) is 0.455. The van der Waals surface area contributed by atoms with Crippen LogP contribution >= 0.6 is 11.6 Å². The molecule has 0 aliphatic rings. The Labute approximate surface area is 84.9 Å². The van der Waals surface area contributed by atoms with Crippen LogP contribution in [0.5, 0.6) is 0 Å². The summed E-state index contributed by atoms with van der Waals surface area (Å²) in [7, 11) is 0. The van der Waals surface area contributed by atoms with E-state index in [1.54, 1.807) is 0 Å². The summed E-state index contributed by atoms with van der Waals surface area (Å²) in [5.41, 5.74) is 7.91. The Kier molecular flexibility index (Phi) is 3.76. The summed E-state index contributed by atoms with van der Waals surface area (Å²) in [4.78, 5) is 0. The van der Waals surface area contributed by atoms with Crippen LogP contribution in [-0.4, -0.2) is 6.54 Å². The zero-order chi connectivity index (χ0) is 9.84. The van der Waals surface area contributed by atoms with Crippen LogP contribution in [0.25, 0.3) is 0 Å². The fourth-order valence-corrected chi connectivity index (χ4v) is 1.86. The SMILES string of the molecule is Cc1ccc(C(C)CCN)c(Cl)c1. The lowest BCUT2D eigenvalue weighted by atomic mass is 9.97. The van der Waals surface area contributed by atoms with Crippen molar-refractivity contribution in [3.63, 3.8) is 0 Å². The molecule has 72 valence electrons. The predicted octanol–water partition coefficient (Wildman–Crippen LogP) is 3.10. The first-order chi connectivity index (χ1) is 6.15. The summed E-state index contributed by atoms with van der Waals surface area (Å²) in [5, 5.41) is 0.862. The Hall–Kier alpha value is -0.530. The maximum absolute atomic E-state index is 6.12. The molecule has 0 spiro atoms. The molecule has 2 heteroatoms. The quantitative estimate of drug-likeness (QED) is 0.792. The highest BCUT2D eigenvalue weighted by Gasteiger charge is 2.08. The number of benzene rings is 1. The van der Waals surface area contributed by atoms with E-state index in [1.807, 2.05) is 13.0 Å². The molecule has 0 saturated heterocycles. The molecule has 0 aliphatic carbocycles. The van der Waals surface area contributed by atoms with Gasteiger partial charge in [-0.15, -0.1) is 0 Å². The van der Waals surface area contributed by atoms with E-state index >= 15 is 0 Å². The molecule has 1 atom stereocenters. The van der Waals surface area contributed by atoms with Crippen LogP contribution in [0.15, 0.2) is 18.2 Å². The van der Waals surface area contributed by atoms with Crippen molar-refractivity contribution in [1.82, 2.24) is 0 Å². The number of nitrogens with two attached hydrogens (primary N) is 1. The second-order valence-corrected chi connectivity index (χ2v) is 3.91. The third kappa shape index (κ3) is 2.71. The molecule has 13 heavy (non-hydrogen) atoms. The molecule has 0 radical (unpaired) electrons. The normalized spacial score (nSPS) is 12.9. The number of halogens is 1. The van der Waals surface area contributed by atoms with Crippen LogP contribution in [0.2, 0.25) is 5.02 Å². The van der Waals surface area contributed by atoms with Gasteiger partial charge in [0.1, 0.15) is 0 Å². The van der Waals surface area contributed by atoms with Gasteiger partial charge in [-0.05, 0) is 43.0 Å². The Morgan fingerprint density at radius 1 is 1.46 bits per heavy atom. The molecule has 1 aromatic carbocycles. The minimum absolute atomic E-state index is 0.457. The molecule has 1 nitrogen and oxygen atoms in total. The molecule has 2 N–H and O–H groups in total. The Bertz CT molecular complexity index is 283. The van der Waals surface area contributed by atoms with E-state index in [0.29, 0.717) is 12.5 Å². The van der Waals surface area contributed by atoms with Crippen molar-refractivity contribution >= 4 is 11.6 Å². The molecule has 0 bridgehead atoms. The lowest BCUT2D eigenvalue weighted by molar-refractivity contribution is 0.690. The zero-order valence-corrected chi connectivity index (χ0v) is 8.93. The molecule has 0 amide bonds. The summed E-state index contributed by atoms with van der Waals surface area (Å²) in [6.45, 7) is 4.91. The van der Waals surface area contributed by atoms with Gasteiger partial charge in [-0.25, -0.2) is 0 Å². The van der Waals surface area contributed by atoms with E-state index in [-0.39, 0.29) is 0 Å². The summed E-state index contributed by atoms with van der Waals surface area (Å²) in [6, 6.07) is 6.19. The smallest absolute Gasteiger partial charge is 0.0443 e. The van der Waals surface area contributed by atoms with Crippen LogP contribution in [-0.2, 0) is 0 Å². The van der Waals surface area contributed by atoms with Crippen LogP contribution in [0, 0.1) is 6.92 Å². The van der Waals surface area contributed by atoms with Crippen molar-refractivity contribution in [2.45, 2.75) is 26.2 Å². The highest BCUT2D eigenvalue weighted by Crippen LogP contribution is 2.27. The predicted molar refractivity (Wildman–Crippen MR) is 58.3 cm³/mol. The minimum atomic E-state index is 0.457. The highest BCUT2D eigenvalue weighted by atomic mass is 35.5. The molecule has 0 aliphatic heterocycles. The van der Waals surface area contributed by atoms with Gasteiger partial charge in [-0.3, -0.25) is 0 Å². The number of rotatable bonds is 3. The van der Waals surface area contributed by atoms with Crippen molar-refractivity contribution in [1.29, 1.82) is 0 Å². The maximum Gasteiger partial charge on any atom is 0.0443 e. The Morgan fingerprint density at radius 3 is 2.69 bits per heavy atom. The van der Waals surface area contributed by atoms with Gasteiger partial charge in [0.2, 0.25) is 0 Å². The Morgan fingerprint density at radius 2 is 2.15 bits per heavy atom. The van der Waals surface area contributed by atoms with Gasteiger partial charge in [-0.2, -0.15) is 0 Å². The van der Waals surface area contributed by atoms with Crippen molar-refractivity contribution in [2.75, 3.05) is 6.54 Å². The largest absolute Gasteiger partial charge is 0.330 e.